The van der Waals surface area contributed by atoms with E-state index in [0.29, 0.717) is 0 Å². The van der Waals surface area contributed by atoms with E-state index in [1.807, 2.05) is 31.2 Å². The Kier molecular flexibility index (Phi) is 4.43. The molecule has 2 N–H and O–H groups in total. The van der Waals surface area contributed by atoms with Crippen LogP contribution in [0.3, 0.4) is 0 Å². The Hall–Kier alpha value is -3.69. The second-order valence-corrected chi connectivity index (χ2v) is 9.42. The lowest BCUT2D eigenvalue weighted by atomic mass is 9.42. The number of imide groups is 2. The molecule has 0 spiro atoms. The summed E-state index contributed by atoms with van der Waals surface area (Å²) in [6.07, 6.45) is 2.07. The molecule has 3 aliphatic heterocycles. The van der Waals surface area contributed by atoms with E-state index < -0.39 is 58.9 Å². The summed E-state index contributed by atoms with van der Waals surface area (Å²) >= 11 is 0. The van der Waals surface area contributed by atoms with E-state index in [0.717, 1.165) is 11.1 Å². The maximum absolute atomic E-state index is 12.8. The Morgan fingerprint density at radius 2 is 1.42 bits per heavy atom. The fourth-order valence-corrected chi connectivity index (χ4v) is 5.71. The molecular formula is C23H24N4O6. The van der Waals surface area contributed by atoms with Crippen molar-refractivity contribution >= 4 is 35.9 Å². The van der Waals surface area contributed by atoms with Gasteiger partial charge in [0.1, 0.15) is 6.10 Å². The van der Waals surface area contributed by atoms with Crippen molar-refractivity contribution in [2.24, 2.45) is 10.8 Å². The van der Waals surface area contributed by atoms with Crippen LogP contribution in [0.25, 0.3) is 6.08 Å². The highest BCUT2D eigenvalue weighted by atomic mass is 16.5. The molecule has 172 valence electrons. The highest BCUT2D eigenvalue weighted by Crippen LogP contribution is 2.63. The molecule has 3 saturated heterocycles. The van der Waals surface area contributed by atoms with Gasteiger partial charge in [-0.1, -0.05) is 29.8 Å². The lowest BCUT2D eigenvalue weighted by Gasteiger charge is -2.70. The summed E-state index contributed by atoms with van der Waals surface area (Å²) in [4.78, 5) is 66.4. The third kappa shape index (κ3) is 2.76. The number of urea groups is 2. The SMILES string of the molecule is Cc1ccc(C=CC(=O)OC2CN3C(=O)NC(=O)C4(C)C3C3N(C2)C(=O)NC(=O)C34C)cc1. The average Bonchev–Trinajstić information content (AvgIpc) is 2.93. The van der Waals surface area contributed by atoms with E-state index in [4.69, 9.17) is 4.74 Å². The first-order chi connectivity index (χ1) is 15.6. The van der Waals surface area contributed by atoms with Gasteiger partial charge in [0.25, 0.3) is 0 Å². The smallest absolute Gasteiger partial charge is 0.331 e. The number of esters is 1. The van der Waals surface area contributed by atoms with E-state index in [-0.39, 0.29) is 13.1 Å². The number of aryl methyl sites for hydroxylation is 1. The van der Waals surface area contributed by atoms with E-state index >= 15 is 0 Å². The third-order valence-corrected chi connectivity index (χ3v) is 7.71. The zero-order valence-corrected chi connectivity index (χ0v) is 18.5. The molecule has 1 aliphatic carbocycles. The molecule has 6 amide bonds. The number of benzene rings is 1. The lowest BCUT2D eigenvalue weighted by Crippen LogP contribution is -2.90. The highest BCUT2D eigenvalue weighted by Gasteiger charge is 2.81. The third-order valence-electron chi connectivity index (χ3n) is 7.71. The maximum Gasteiger partial charge on any atom is 0.331 e. The molecule has 1 aromatic carbocycles. The van der Waals surface area contributed by atoms with Crippen molar-refractivity contribution in [2.75, 3.05) is 13.1 Å². The van der Waals surface area contributed by atoms with Gasteiger partial charge in [0.2, 0.25) is 11.8 Å². The molecule has 1 aromatic rings. The summed E-state index contributed by atoms with van der Waals surface area (Å²) in [6.45, 7) is 5.22. The molecule has 5 rings (SSSR count). The van der Waals surface area contributed by atoms with Crippen LogP contribution in [0.1, 0.15) is 25.0 Å². The molecule has 0 aromatic heterocycles. The molecule has 4 aliphatic rings. The summed E-state index contributed by atoms with van der Waals surface area (Å²) in [5, 5.41) is 4.66. The molecule has 4 unspecified atom stereocenters. The highest BCUT2D eigenvalue weighted by molar-refractivity contribution is 6.11. The van der Waals surface area contributed by atoms with Crippen LogP contribution in [0.2, 0.25) is 0 Å². The predicted molar refractivity (Wildman–Crippen MR) is 114 cm³/mol. The first-order valence-electron chi connectivity index (χ1n) is 10.8. The number of carbonyl (C=O) groups is 5. The first kappa shape index (κ1) is 21.2. The van der Waals surface area contributed by atoms with Crippen LogP contribution < -0.4 is 10.6 Å². The van der Waals surface area contributed by atoms with Gasteiger partial charge in [0, 0.05) is 6.08 Å². The van der Waals surface area contributed by atoms with E-state index in [9.17, 15) is 24.0 Å². The van der Waals surface area contributed by atoms with Gasteiger partial charge in [0.15, 0.2) is 0 Å². The number of hydrogen-bond acceptors (Lipinski definition) is 6. The van der Waals surface area contributed by atoms with Crippen LogP contribution >= 0.6 is 0 Å². The second kappa shape index (κ2) is 6.90. The van der Waals surface area contributed by atoms with Gasteiger partial charge in [-0.25, -0.2) is 14.4 Å². The monoisotopic (exact) mass is 452 g/mol. The second-order valence-electron chi connectivity index (χ2n) is 9.42. The van der Waals surface area contributed by atoms with Crippen molar-refractivity contribution in [3.63, 3.8) is 0 Å². The van der Waals surface area contributed by atoms with Crippen LogP contribution in [-0.2, 0) is 19.1 Å². The number of ether oxygens (including phenoxy) is 1. The molecule has 4 atom stereocenters. The molecule has 4 fully saturated rings. The predicted octanol–water partition coefficient (Wildman–Crippen LogP) is 0.801. The first-order valence-corrected chi connectivity index (χ1v) is 10.8. The minimum atomic E-state index is -1.22. The molecule has 1 saturated carbocycles. The Labute approximate surface area is 189 Å². The van der Waals surface area contributed by atoms with Crippen LogP contribution in [0, 0.1) is 17.8 Å². The topological polar surface area (TPSA) is 125 Å². The van der Waals surface area contributed by atoms with E-state index in [1.54, 1.807) is 19.9 Å². The molecule has 0 bridgehead atoms. The van der Waals surface area contributed by atoms with Crippen molar-refractivity contribution in [1.82, 2.24) is 20.4 Å². The molecule has 3 heterocycles. The van der Waals surface area contributed by atoms with Crippen LogP contribution in [0.5, 0.6) is 0 Å². The number of hydrogen-bond donors (Lipinski definition) is 2. The zero-order chi connectivity index (χ0) is 23.7. The normalized spacial score (nSPS) is 34.8. The number of amides is 6. The number of nitrogens with one attached hydrogen (secondary N) is 2. The van der Waals surface area contributed by atoms with Crippen molar-refractivity contribution in [1.29, 1.82) is 0 Å². The summed E-state index contributed by atoms with van der Waals surface area (Å²) < 4.78 is 5.60. The molecule has 10 heteroatoms. The Balaban J connectivity index is 1.42. The largest absolute Gasteiger partial charge is 0.455 e. The standard InChI is InChI=1S/C23H24N4O6/c1-12-4-6-13(7-5-12)8-9-15(28)33-14-10-26-16-17-23(3,19(30)25-21(32)27(17)11-14)22(16,2)18(29)24-20(26)31/h4-9,14,16-17H,10-11H2,1-3H3,(H,24,29,31)(H,25,30,32). The molecule has 33 heavy (non-hydrogen) atoms. The van der Waals surface area contributed by atoms with Crippen molar-refractivity contribution in [2.45, 2.75) is 39.0 Å². The minimum Gasteiger partial charge on any atom is -0.455 e. The number of nitrogens with zero attached hydrogens (tertiary/aromatic N) is 2. The fourth-order valence-electron chi connectivity index (χ4n) is 5.71. The molecular weight excluding hydrogens is 428 g/mol. The summed E-state index contributed by atoms with van der Waals surface area (Å²) in [6, 6.07) is 4.96. The molecule has 0 radical (unpaired) electrons. The van der Waals surface area contributed by atoms with Crippen molar-refractivity contribution in [3.05, 3.63) is 41.5 Å². The van der Waals surface area contributed by atoms with Gasteiger partial charge in [-0.05, 0) is 32.4 Å². The average molecular weight is 452 g/mol. The number of fused-ring (bicyclic) bond motifs is 1. The zero-order valence-electron chi connectivity index (χ0n) is 18.5. The quantitative estimate of drug-likeness (QED) is 0.516. The van der Waals surface area contributed by atoms with Gasteiger partial charge in [0.05, 0.1) is 36.0 Å². The minimum absolute atomic E-state index is 0.00592. The van der Waals surface area contributed by atoms with Crippen molar-refractivity contribution < 1.29 is 28.7 Å². The van der Waals surface area contributed by atoms with Gasteiger partial charge in [-0.15, -0.1) is 0 Å². The summed E-state index contributed by atoms with van der Waals surface area (Å²) in [7, 11) is 0. The maximum atomic E-state index is 12.8. The summed E-state index contributed by atoms with van der Waals surface area (Å²) in [5.74, 6) is -1.72. The van der Waals surface area contributed by atoms with Crippen molar-refractivity contribution in [3.8, 4) is 0 Å². The van der Waals surface area contributed by atoms with Gasteiger partial charge >= 0.3 is 18.0 Å². The van der Waals surface area contributed by atoms with Gasteiger partial charge in [-0.2, -0.15) is 0 Å². The summed E-state index contributed by atoms with van der Waals surface area (Å²) in [5.41, 5.74) is -0.526. The lowest BCUT2D eigenvalue weighted by molar-refractivity contribution is -0.209. The molecule has 10 nitrogen and oxygen atoms in total. The van der Waals surface area contributed by atoms with Crippen LogP contribution in [0.15, 0.2) is 30.3 Å². The van der Waals surface area contributed by atoms with E-state index in [1.165, 1.54) is 15.9 Å². The van der Waals surface area contributed by atoms with E-state index in [2.05, 4.69) is 10.6 Å². The fraction of sp³-hybridized carbons (Fsp3) is 0.435. The number of rotatable bonds is 3. The van der Waals surface area contributed by atoms with Crippen LogP contribution in [-0.4, -0.2) is 70.9 Å². The Morgan fingerprint density at radius 1 is 0.939 bits per heavy atom. The van der Waals surface area contributed by atoms with Crippen LogP contribution in [0.4, 0.5) is 9.59 Å². The van der Waals surface area contributed by atoms with Gasteiger partial charge in [-0.3, -0.25) is 20.2 Å². The van der Waals surface area contributed by atoms with Gasteiger partial charge < -0.3 is 14.5 Å². The Morgan fingerprint density at radius 3 is 1.91 bits per heavy atom. The number of carbonyl (C=O) groups excluding carboxylic acids is 5. The Bertz CT molecular complexity index is 1080.